The van der Waals surface area contributed by atoms with Gasteiger partial charge in [-0.15, -0.1) is 0 Å². The van der Waals surface area contributed by atoms with Crippen LogP contribution in [0.3, 0.4) is 0 Å². The molecule has 1 saturated carbocycles. The van der Waals surface area contributed by atoms with E-state index >= 15 is 0 Å². The van der Waals surface area contributed by atoms with E-state index in [-0.39, 0.29) is 34.9 Å². The molecule has 1 aliphatic heterocycles. The summed E-state index contributed by atoms with van der Waals surface area (Å²) in [6, 6.07) is 10.4. The quantitative estimate of drug-likeness (QED) is 0.809. The fraction of sp³-hybridized carbons (Fsp3) is 0.381. The lowest BCUT2D eigenvalue weighted by Gasteiger charge is -2.17. The summed E-state index contributed by atoms with van der Waals surface area (Å²) in [6.45, 7) is 0.816. The zero-order chi connectivity index (χ0) is 20.8. The van der Waals surface area contributed by atoms with Crippen LogP contribution in [0.5, 0.6) is 0 Å². The Morgan fingerprint density at radius 3 is 2.55 bits per heavy atom. The summed E-state index contributed by atoms with van der Waals surface area (Å²) in [5.74, 6) is -1.54. The highest BCUT2D eigenvalue weighted by Gasteiger charge is 2.48. The highest BCUT2D eigenvalue weighted by molar-refractivity contribution is 7.88. The molecule has 1 aliphatic carbocycles. The fourth-order valence-electron chi connectivity index (χ4n) is 4.20. The molecule has 3 unspecified atom stereocenters. The van der Waals surface area contributed by atoms with Crippen LogP contribution in [0.2, 0.25) is 0 Å². The molecule has 0 radical (unpaired) electrons. The number of hydrogen-bond donors (Lipinski definition) is 1. The molecule has 5 nitrogen and oxygen atoms in total. The number of carbonyl (C=O) groups is 1. The van der Waals surface area contributed by atoms with E-state index in [9.17, 15) is 22.0 Å². The average molecular weight is 420 g/mol. The summed E-state index contributed by atoms with van der Waals surface area (Å²) >= 11 is 0. The molecule has 0 spiro atoms. The van der Waals surface area contributed by atoms with Gasteiger partial charge in [-0.25, -0.2) is 21.9 Å². The number of nitrogens with zero attached hydrogens (tertiary/aromatic N) is 1. The molecule has 1 heterocycles. The SMILES string of the molecule is CS(=O)(=O)NC1CCN(C(=O)C2CC2c2cccc(F)c2-c2ccccc2F)C1. The lowest BCUT2D eigenvalue weighted by molar-refractivity contribution is -0.131. The minimum absolute atomic E-state index is 0.0588. The Balaban J connectivity index is 1.52. The van der Waals surface area contributed by atoms with Crippen LogP contribution in [0, 0.1) is 17.6 Å². The molecule has 2 aromatic carbocycles. The van der Waals surface area contributed by atoms with Gasteiger partial charge in [0.05, 0.1) is 6.26 Å². The largest absolute Gasteiger partial charge is 0.341 e. The van der Waals surface area contributed by atoms with Crippen molar-refractivity contribution in [2.24, 2.45) is 5.92 Å². The Morgan fingerprint density at radius 1 is 1.10 bits per heavy atom. The summed E-state index contributed by atoms with van der Waals surface area (Å²) in [5, 5.41) is 0. The van der Waals surface area contributed by atoms with Crippen molar-refractivity contribution in [2.75, 3.05) is 19.3 Å². The topological polar surface area (TPSA) is 66.5 Å². The lowest BCUT2D eigenvalue weighted by Crippen LogP contribution is -2.38. The number of rotatable bonds is 5. The van der Waals surface area contributed by atoms with Gasteiger partial charge in [-0.1, -0.05) is 30.3 Å². The maximum atomic E-state index is 14.6. The van der Waals surface area contributed by atoms with Gasteiger partial charge in [0, 0.05) is 36.2 Å². The van der Waals surface area contributed by atoms with Crippen LogP contribution >= 0.6 is 0 Å². The third-order valence-electron chi connectivity index (χ3n) is 5.58. The lowest BCUT2D eigenvalue weighted by atomic mass is 9.95. The van der Waals surface area contributed by atoms with E-state index in [2.05, 4.69) is 4.72 Å². The minimum atomic E-state index is -3.33. The minimum Gasteiger partial charge on any atom is -0.341 e. The van der Waals surface area contributed by atoms with E-state index in [1.807, 2.05) is 0 Å². The van der Waals surface area contributed by atoms with E-state index in [1.54, 1.807) is 35.2 Å². The van der Waals surface area contributed by atoms with Crippen molar-refractivity contribution in [1.82, 2.24) is 9.62 Å². The van der Waals surface area contributed by atoms with Crippen molar-refractivity contribution in [3.05, 3.63) is 59.7 Å². The van der Waals surface area contributed by atoms with Crippen molar-refractivity contribution < 1.29 is 22.0 Å². The number of likely N-dealkylation sites (tertiary alicyclic amines) is 1. The van der Waals surface area contributed by atoms with Gasteiger partial charge in [0.2, 0.25) is 15.9 Å². The normalized spacial score (nSPS) is 24.0. The second-order valence-electron chi connectivity index (χ2n) is 7.79. The van der Waals surface area contributed by atoms with Crippen molar-refractivity contribution >= 4 is 15.9 Å². The van der Waals surface area contributed by atoms with E-state index in [4.69, 9.17) is 0 Å². The monoisotopic (exact) mass is 420 g/mol. The van der Waals surface area contributed by atoms with Gasteiger partial charge in [-0.05, 0) is 36.5 Å². The van der Waals surface area contributed by atoms with E-state index in [0.29, 0.717) is 31.5 Å². The molecule has 0 bridgehead atoms. The second kappa shape index (κ2) is 7.50. The van der Waals surface area contributed by atoms with Gasteiger partial charge in [-0.3, -0.25) is 4.79 Å². The number of amides is 1. The Kier molecular flexibility index (Phi) is 5.16. The number of carbonyl (C=O) groups excluding carboxylic acids is 1. The standard InChI is InChI=1S/C21H22F2N2O3S/c1-29(27,28)24-13-9-10-25(12-13)21(26)17-11-16(17)14-6-4-8-19(23)20(14)15-5-2-3-7-18(15)22/h2-8,13,16-17,24H,9-12H2,1H3. The summed E-state index contributed by atoms with van der Waals surface area (Å²) in [7, 11) is -3.33. The maximum Gasteiger partial charge on any atom is 0.226 e. The Morgan fingerprint density at radius 2 is 1.83 bits per heavy atom. The van der Waals surface area contributed by atoms with Gasteiger partial charge in [0.15, 0.2) is 0 Å². The summed E-state index contributed by atoms with van der Waals surface area (Å²) < 4.78 is 54.2. The molecule has 3 atom stereocenters. The van der Waals surface area contributed by atoms with E-state index < -0.39 is 21.7 Å². The third-order valence-corrected chi connectivity index (χ3v) is 6.34. The summed E-state index contributed by atoms with van der Waals surface area (Å²) in [5.41, 5.74) is 1.04. The van der Waals surface area contributed by atoms with E-state index in [0.717, 1.165) is 6.26 Å². The molecule has 29 heavy (non-hydrogen) atoms. The number of benzene rings is 2. The fourth-order valence-corrected chi connectivity index (χ4v) is 5.00. The van der Waals surface area contributed by atoms with Crippen LogP contribution in [0.1, 0.15) is 24.3 Å². The van der Waals surface area contributed by atoms with Gasteiger partial charge in [-0.2, -0.15) is 0 Å². The Bertz CT molecular complexity index is 1060. The smallest absolute Gasteiger partial charge is 0.226 e. The molecule has 8 heteroatoms. The number of sulfonamides is 1. The molecule has 1 N–H and O–H groups in total. The second-order valence-corrected chi connectivity index (χ2v) is 9.57. The molecule has 2 aromatic rings. The van der Waals surface area contributed by atoms with Crippen molar-refractivity contribution in [1.29, 1.82) is 0 Å². The zero-order valence-corrected chi connectivity index (χ0v) is 16.8. The van der Waals surface area contributed by atoms with Crippen molar-refractivity contribution in [2.45, 2.75) is 24.8 Å². The van der Waals surface area contributed by atoms with Gasteiger partial charge >= 0.3 is 0 Å². The van der Waals surface area contributed by atoms with Crippen LogP contribution in [0.15, 0.2) is 42.5 Å². The molecular weight excluding hydrogens is 398 g/mol. The van der Waals surface area contributed by atoms with Crippen molar-refractivity contribution in [3.8, 4) is 11.1 Å². The summed E-state index contributed by atoms with van der Waals surface area (Å²) in [6.07, 6.45) is 2.24. The molecule has 2 aliphatic rings. The maximum absolute atomic E-state index is 14.6. The molecule has 1 saturated heterocycles. The molecule has 0 aromatic heterocycles. The predicted molar refractivity (Wildman–Crippen MR) is 106 cm³/mol. The first kappa shape index (κ1) is 20.0. The zero-order valence-electron chi connectivity index (χ0n) is 15.9. The van der Waals surface area contributed by atoms with Gasteiger partial charge in [0.1, 0.15) is 11.6 Å². The van der Waals surface area contributed by atoms with Crippen LogP contribution in [-0.4, -0.2) is 44.6 Å². The molecule has 1 amide bonds. The summed E-state index contributed by atoms with van der Waals surface area (Å²) in [4.78, 5) is 14.5. The van der Waals surface area contributed by atoms with Crippen LogP contribution in [-0.2, 0) is 14.8 Å². The van der Waals surface area contributed by atoms with Crippen LogP contribution < -0.4 is 4.72 Å². The van der Waals surface area contributed by atoms with Gasteiger partial charge in [0.25, 0.3) is 0 Å². The predicted octanol–water partition coefficient (Wildman–Crippen LogP) is 2.89. The number of nitrogens with one attached hydrogen (secondary N) is 1. The van der Waals surface area contributed by atoms with E-state index in [1.165, 1.54) is 12.1 Å². The Labute approximate surface area is 168 Å². The first-order valence-corrected chi connectivity index (χ1v) is 11.4. The van der Waals surface area contributed by atoms with Crippen molar-refractivity contribution in [3.63, 3.8) is 0 Å². The van der Waals surface area contributed by atoms with Gasteiger partial charge < -0.3 is 4.90 Å². The molecule has 154 valence electrons. The third kappa shape index (κ3) is 4.18. The molecular formula is C21H22F2N2O3S. The molecule has 2 fully saturated rings. The first-order valence-electron chi connectivity index (χ1n) is 9.54. The first-order chi connectivity index (χ1) is 13.7. The van der Waals surface area contributed by atoms with Crippen LogP contribution in [0.25, 0.3) is 11.1 Å². The number of hydrogen-bond acceptors (Lipinski definition) is 3. The molecule has 4 rings (SSSR count). The number of halogens is 2. The highest BCUT2D eigenvalue weighted by atomic mass is 32.2. The Hall–Kier alpha value is -2.32. The highest BCUT2D eigenvalue weighted by Crippen LogP contribution is 2.52. The average Bonchev–Trinajstić information content (AvgIpc) is 3.32. The van der Waals surface area contributed by atoms with Crippen LogP contribution in [0.4, 0.5) is 8.78 Å².